The van der Waals surface area contributed by atoms with Gasteiger partial charge in [-0.3, -0.25) is 4.57 Å². The molecule has 30 heavy (non-hydrogen) atoms. The molecule has 0 amide bonds. The van der Waals surface area contributed by atoms with E-state index >= 15 is 0 Å². The Labute approximate surface area is 177 Å². The van der Waals surface area contributed by atoms with Crippen molar-refractivity contribution < 1.29 is 4.42 Å². The summed E-state index contributed by atoms with van der Waals surface area (Å²) < 4.78 is 7.52. The van der Waals surface area contributed by atoms with Gasteiger partial charge in [-0.1, -0.05) is 54.2 Å². The van der Waals surface area contributed by atoms with Crippen LogP contribution in [0.1, 0.15) is 17.0 Å². The van der Waals surface area contributed by atoms with Gasteiger partial charge < -0.3 is 4.42 Å². The maximum Gasteiger partial charge on any atom is 0.336 e. The summed E-state index contributed by atoms with van der Waals surface area (Å²) in [5, 5.41) is 12.6. The lowest BCUT2D eigenvalue weighted by atomic mass is 10.0. The Kier molecular flexibility index (Phi) is 4.64. The van der Waals surface area contributed by atoms with Crippen molar-refractivity contribution in [3.05, 3.63) is 94.1 Å². The molecule has 0 aliphatic rings. The first-order valence-electron chi connectivity index (χ1n) is 9.66. The van der Waals surface area contributed by atoms with Crippen LogP contribution in [0, 0.1) is 13.8 Å². The third-order valence-electron chi connectivity index (χ3n) is 5.13. The second-order valence-electron chi connectivity index (χ2n) is 7.24. The quantitative estimate of drug-likeness (QED) is 0.223. The third kappa shape index (κ3) is 3.29. The van der Waals surface area contributed by atoms with Gasteiger partial charge in [-0.2, -0.15) is 0 Å². The van der Waals surface area contributed by atoms with Gasteiger partial charge >= 0.3 is 5.63 Å². The molecular weight excluding hydrogens is 394 g/mol. The van der Waals surface area contributed by atoms with Crippen LogP contribution < -0.4 is 5.63 Å². The molecule has 0 bridgehead atoms. The minimum Gasteiger partial charge on any atom is -0.423 e. The zero-order chi connectivity index (χ0) is 20.7. The number of fused-ring (bicyclic) bond motifs is 3. The van der Waals surface area contributed by atoms with Crippen LogP contribution in [0.25, 0.3) is 27.4 Å². The number of thioether (sulfide) groups is 1. The largest absolute Gasteiger partial charge is 0.423 e. The molecule has 0 unspecified atom stereocenters. The molecule has 0 spiro atoms. The van der Waals surface area contributed by atoms with Crippen LogP contribution in [0.4, 0.5) is 0 Å². The van der Waals surface area contributed by atoms with Crippen molar-refractivity contribution in [3.8, 4) is 5.69 Å². The molecule has 148 valence electrons. The summed E-state index contributed by atoms with van der Waals surface area (Å²) in [5.74, 6) is 1.41. The molecule has 0 atom stereocenters. The Morgan fingerprint density at radius 2 is 1.83 bits per heavy atom. The fourth-order valence-corrected chi connectivity index (χ4v) is 4.75. The van der Waals surface area contributed by atoms with Gasteiger partial charge in [0.05, 0.1) is 0 Å². The van der Waals surface area contributed by atoms with Crippen molar-refractivity contribution in [2.75, 3.05) is 0 Å². The van der Waals surface area contributed by atoms with E-state index in [2.05, 4.69) is 41.4 Å². The van der Waals surface area contributed by atoms with E-state index in [0.717, 1.165) is 38.4 Å². The number of aromatic nitrogens is 3. The summed E-state index contributed by atoms with van der Waals surface area (Å²) in [7, 11) is 0. The lowest BCUT2D eigenvalue weighted by Gasteiger charge is -2.11. The summed E-state index contributed by atoms with van der Waals surface area (Å²) in [6.45, 7) is 4.01. The maximum absolute atomic E-state index is 12.2. The highest BCUT2D eigenvalue weighted by atomic mass is 32.2. The van der Waals surface area contributed by atoms with E-state index in [9.17, 15) is 4.79 Å². The van der Waals surface area contributed by atoms with E-state index in [1.807, 2.05) is 47.9 Å². The first kappa shape index (κ1) is 18.6. The fraction of sp³-hybridized carbons (Fsp3) is 0.125. The van der Waals surface area contributed by atoms with Crippen molar-refractivity contribution in [1.82, 2.24) is 14.8 Å². The molecule has 0 saturated heterocycles. The standard InChI is InChI=1S/C24H19N3O2S/c1-15-6-5-8-19(12-15)27-16(2)25-26-24(27)30-14-18-13-22(28)29-21-11-10-17-7-3-4-9-20(17)23(18)21/h3-13H,14H2,1-2H3. The smallest absolute Gasteiger partial charge is 0.336 e. The number of rotatable bonds is 4. The van der Waals surface area contributed by atoms with Crippen molar-refractivity contribution >= 4 is 33.5 Å². The Morgan fingerprint density at radius 3 is 2.70 bits per heavy atom. The predicted molar refractivity (Wildman–Crippen MR) is 120 cm³/mol. The second kappa shape index (κ2) is 7.46. The van der Waals surface area contributed by atoms with Crippen LogP contribution in [0.3, 0.4) is 0 Å². The van der Waals surface area contributed by atoms with Crippen molar-refractivity contribution in [2.45, 2.75) is 24.8 Å². The van der Waals surface area contributed by atoms with Crippen LogP contribution in [-0.4, -0.2) is 14.8 Å². The summed E-state index contributed by atoms with van der Waals surface area (Å²) >= 11 is 1.56. The molecule has 0 aliphatic carbocycles. The lowest BCUT2D eigenvalue weighted by molar-refractivity contribution is 0.560. The van der Waals surface area contributed by atoms with Crippen LogP contribution in [0.5, 0.6) is 0 Å². The van der Waals surface area contributed by atoms with Crippen molar-refractivity contribution in [2.24, 2.45) is 0 Å². The number of hydrogen-bond donors (Lipinski definition) is 0. The first-order valence-corrected chi connectivity index (χ1v) is 10.6. The van der Waals surface area contributed by atoms with Crippen molar-refractivity contribution in [1.29, 1.82) is 0 Å². The van der Waals surface area contributed by atoms with Crippen LogP contribution in [-0.2, 0) is 5.75 Å². The van der Waals surface area contributed by atoms with Gasteiger partial charge in [-0.15, -0.1) is 10.2 Å². The van der Waals surface area contributed by atoms with Gasteiger partial charge in [0.2, 0.25) is 0 Å². The highest BCUT2D eigenvalue weighted by Crippen LogP contribution is 2.32. The van der Waals surface area contributed by atoms with E-state index in [1.54, 1.807) is 17.8 Å². The highest BCUT2D eigenvalue weighted by molar-refractivity contribution is 7.98. The fourth-order valence-electron chi connectivity index (χ4n) is 3.78. The number of hydrogen-bond acceptors (Lipinski definition) is 5. The molecule has 2 aromatic heterocycles. The zero-order valence-corrected chi connectivity index (χ0v) is 17.4. The molecule has 3 aromatic carbocycles. The summed E-state index contributed by atoms with van der Waals surface area (Å²) in [4.78, 5) is 12.2. The molecule has 5 aromatic rings. The van der Waals surface area contributed by atoms with Gasteiger partial charge in [-0.05, 0) is 53.9 Å². The second-order valence-corrected chi connectivity index (χ2v) is 8.19. The lowest BCUT2D eigenvalue weighted by Crippen LogP contribution is -2.02. The van der Waals surface area contributed by atoms with Crippen LogP contribution in [0.15, 0.2) is 81.1 Å². The van der Waals surface area contributed by atoms with E-state index in [-0.39, 0.29) is 5.63 Å². The molecule has 0 N–H and O–H groups in total. The minimum absolute atomic E-state index is 0.343. The molecule has 0 saturated carbocycles. The molecule has 2 heterocycles. The Hall–Kier alpha value is -3.38. The molecule has 5 rings (SSSR count). The van der Waals surface area contributed by atoms with Gasteiger partial charge in [0.1, 0.15) is 11.4 Å². The third-order valence-corrected chi connectivity index (χ3v) is 6.10. The van der Waals surface area contributed by atoms with E-state index in [0.29, 0.717) is 11.3 Å². The van der Waals surface area contributed by atoms with E-state index in [4.69, 9.17) is 4.42 Å². The minimum atomic E-state index is -0.343. The van der Waals surface area contributed by atoms with Gasteiger partial charge in [0, 0.05) is 22.9 Å². The summed E-state index contributed by atoms with van der Waals surface area (Å²) in [6.07, 6.45) is 0. The topological polar surface area (TPSA) is 60.9 Å². The molecule has 0 radical (unpaired) electrons. The van der Waals surface area contributed by atoms with Gasteiger partial charge in [0.25, 0.3) is 0 Å². The zero-order valence-electron chi connectivity index (χ0n) is 16.6. The normalized spacial score (nSPS) is 11.4. The first-order chi connectivity index (χ1) is 14.6. The van der Waals surface area contributed by atoms with Crippen LogP contribution in [0.2, 0.25) is 0 Å². The molecule has 5 nitrogen and oxygen atoms in total. The Bertz CT molecular complexity index is 1450. The average Bonchev–Trinajstić information content (AvgIpc) is 3.12. The van der Waals surface area contributed by atoms with E-state index < -0.39 is 0 Å². The maximum atomic E-state index is 12.2. The Balaban J connectivity index is 1.59. The van der Waals surface area contributed by atoms with Gasteiger partial charge in [-0.25, -0.2) is 4.79 Å². The van der Waals surface area contributed by atoms with Crippen molar-refractivity contribution in [3.63, 3.8) is 0 Å². The van der Waals surface area contributed by atoms with Crippen LogP contribution >= 0.6 is 11.8 Å². The Morgan fingerprint density at radius 1 is 0.967 bits per heavy atom. The number of nitrogens with zero attached hydrogens (tertiary/aromatic N) is 3. The molecular formula is C24H19N3O2S. The monoisotopic (exact) mass is 413 g/mol. The number of aryl methyl sites for hydroxylation is 2. The average molecular weight is 414 g/mol. The SMILES string of the molecule is Cc1cccc(-n2c(C)nnc2SCc2cc(=O)oc3ccc4ccccc4c23)c1. The summed E-state index contributed by atoms with van der Waals surface area (Å²) in [5.41, 5.74) is 3.40. The van der Waals surface area contributed by atoms with E-state index in [1.165, 1.54) is 5.56 Å². The number of benzene rings is 3. The molecule has 0 fully saturated rings. The molecule has 0 aliphatic heterocycles. The predicted octanol–water partition coefficient (Wildman–Crippen LogP) is 5.44. The highest BCUT2D eigenvalue weighted by Gasteiger charge is 2.15. The summed E-state index contributed by atoms with van der Waals surface area (Å²) in [6, 6.07) is 21.8. The van der Waals surface area contributed by atoms with Gasteiger partial charge in [0.15, 0.2) is 5.16 Å². The molecule has 6 heteroatoms.